The number of piperidine rings is 1. The van der Waals surface area contributed by atoms with E-state index in [0.717, 1.165) is 17.7 Å². The van der Waals surface area contributed by atoms with Crippen LogP contribution in [-0.4, -0.2) is 57.1 Å². The third kappa shape index (κ3) is 4.24. The molecule has 0 aromatic heterocycles. The molecule has 0 radical (unpaired) electrons. The van der Waals surface area contributed by atoms with Gasteiger partial charge in [-0.3, -0.25) is 19.3 Å². The molecule has 0 spiro atoms. The fraction of sp³-hybridized carbons (Fsp3) is 0.368. The van der Waals surface area contributed by atoms with E-state index in [4.69, 9.17) is 0 Å². The highest BCUT2D eigenvalue weighted by Gasteiger charge is 2.37. The Labute approximate surface area is 165 Å². The lowest BCUT2D eigenvalue weighted by Crippen LogP contribution is -2.48. The molecular weight excluding hydrogens is 387 g/mol. The van der Waals surface area contributed by atoms with Crippen LogP contribution in [0.3, 0.4) is 0 Å². The Morgan fingerprint density at radius 2 is 2.00 bits per heavy atom. The molecule has 9 heteroatoms. The van der Waals surface area contributed by atoms with Crippen molar-refractivity contribution in [1.82, 2.24) is 9.80 Å². The second kappa shape index (κ2) is 8.55. The molecule has 3 amide bonds. The Morgan fingerprint density at radius 3 is 2.71 bits per heavy atom. The van der Waals surface area contributed by atoms with E-state index in [1.165, 1.54) is 29.2 Å². The number of imide groups is 1. The average Bonchev–Trinajstić information content (AvgIpc) is 2.94. The number of rotatable bonds is 5. The predicted molar refractivity (Wildman–Crippen MR) is 101 cm³/mol. The van der Waals surface area contributed by atoms with E-state index in [9.17, 15) is 28.7 Å². The van der Waals surface area contributed by atoms with Gasteiger partial charge in [0.05, 0.1) is 4.91 Å². The van der Waals surface area contributed by atoms with Crippen molar-refractivity contribution in [1.29, 1.82) is 0 Å². The number of likely N-dealkylation sites (tertiary alicyclic amines) is 1. The van der Waals surface area contributed by atoms with Crippen molar-refractivity contribution in [3.8, 4) is 0 Å². The van der Waals surface area contributed by atoms with Crippen molar-refractivity contribution in [2.24, 2.45) is 0 Å². The number of hydrogen-bond donors (Lipinski definition) is 1. The third-order valence-corrected chi connectivity index (χ3v) is 5.63. The second-order valence-electron chi connectivity index (χ2n) is 6.54. The van der Waals surface area contributed by atoms with Crippen LogP contribution < -0.4 is 0 Å². The zero-order valence-electron chi connectivity index (χ0n) is 15.0. The van der Waals surface area contributed by atoms with E-state index in [0.29, 0.717) is 24.7 Å². The molecule has 148 valence electrons. The maximum absolute atomic E-state index is 13.8. The van der Waals surface area contributed by atoms with Gasteiger partial charge in [-0.15, -0.1) is 0 Å². The smallest absolute Gasteiger partial charge is 0.326 e. The summed E-state index contributed by atoms with van der Waals surface area (Å²) in [4.78, 5) is 50.7. The van der Waals surface area contributed by atoms with Gasteiger partial charge in [0.1, 0.15) is 11.9 Å². The summed E-state index contributed by atoms with van der Waals surface area (Å²) < 4.78 is 13.8. The molecule has 1 unspecified atom stereocenters. The summed E-state index contributed by atoms with van der Waals surface area (Å²) in [5, 5.41) is 8.73. The van der Waals surface area contributed by atoms with E-state index in [2.05, 4.69) is 0 Å². The Morgan fingerprint density at radius 1 is 1.25 bits per heavy atom. The molecule has 2 aliphatic rings. The summed E-state index contributed by atoms with van der Waals surface area (Å²) in [6, 6.07) is 5.03. The summed E-state index contributed by atoms with van der Waals surface area (Å²) in [6.07, 6.45) is 3.03. The number of halogens is 1. The minimum atomic E-state index is -1.05. The van der Waals surface area contributed by atoms with Crippen LogP contribution in [0.25, 0.3) is 6.08 Å². The number of nitrogens with zero attached hydrogens (tertiary/aromatic N) is 2. The number of carboxylic acids is 1. The summed E-state index contributed by atoms with van der Waals surface area (Å²) in [7, 11) is 0. The van der Waals surface area contributed by atoms with Crippen LogP contribution >= 0.6 is 11.8 Å². The number of carbonyl (C=O) groups excluding carboxylic acids is 3. The summed E-state index contributed by atoms with van der Waals surface area (Å²) in [5.41, 5.74) is 0.196. The molecule has 1 N–H and O–H groups in total. The number of carbonyl (C=O) groups is 4. The molecule has 1 aromatic carbocycles. The number of hydrogen-bond acceptors (Lipinski definition) is 5. The van der Waals surface area contributed by atoms with E-state index >= 15 is 0 Å². The van der Waals surface area contributed by atoms with Gasteiger partial charge < -0.3 is 10.0 Å². The predicted octanol–water partition coefficient (Wildman–Crippen LogP) is 2.72. The molecule has 2 fully saturated rings. The van der Waals surface area contributed by atoms with Gasteiger partial charge in [0.15, 0.2) is 0 Å². The minimum Gasteiger partial charge on any atom is -0.480 e. The topological polar surface area (TPSA) is 95.0 Å². The number of amides is 3. The number of benzene rings is 1. The lowest BCUT2D eigenvalue weighted by atomic mass is 10.0. The third-order valence-electron chi connectivity index (χ3n) is 4.72. The van der Waals surface area contributed by atoms with E-state index < -0.39 is 34.9 Å². The van der Waals surface area contributed by atoms with E-state index in [1.54, 1.807) is 6.07 Å². The maximum Gasteiger partial charge on any atom is 0.326 e. The largest absolute Gasteiger partial charge is 0.480 e. The monoisotopic (exact) mass is 406 g/mol. The highest BCUT2D eigenvalue weighted by Crippen LogP contribution is 2.32. The van der Waals surface area contributed by atoms with Gasteiger partial charge in [0.25, 0.3) is 11.1 Å². The summed E-state index contributed by atoms with van der Waals surface area (Å²) >= 11 is 0.691. The van der Waals surface area contributed by atoms with E-state index in [-0.39, 0.29) is 23.4 Å². The normalized spacial score (nSPS) is 21.5. The zero-order valence-corrected chi connectivity index (χ0v) is 15.8. The molecule has 0 aliphatic carbocycles. The molecule has 2 heterocycles. The quantitative estimate of drug-likeness (QED) is 0.756. The van der Waals surface area contributed by atoms with Crippen LogP contribution in [0.2, 0.25) is 0 Å². The van der Waals surface area contributed by atoms with Crippen LogP contribution in [0.1, 0.15) is 31.2 Å². The highest BCUT2D eigenvalue weighted by molar-refractivity contribution is 8.18. The van der Waals surface area contributed by atoms with Crippen LogP contribution in [0, 0.1) is 5.82 Å². The molecule has 0 bridgehead atoms. The number of aliphatic carboxylic acids is 1. The molecular formula is C19H19FN2O5S. The van der Waals surface area contributed by atoms with Gasteiger partial charge >= 0.3 is 5.97 Å². The van der Waals surface area contributed by atoms with Crippen LogP contribution in [0.5, 0.6) is 0 Å². The lowest BCUT2D eigenvalue weighted by Gasteiger charge is -2.33. The zero-order chi connectivity index (χ0) is 20.3. The number of thioether (sulfide) groups is 1. The van der Waals surface area contributed by atoms with Crippen molar-refractivity contribution in [2.45, 2.75) is 31.7 Å². The first-order valence-electron chi connectivity index (χ1n) is 8.90. The molecule has 28 heavy (non-hydrogen) atoms. The van der Waals surface area contributed by atoms with Crippen molar-refractivity contribution >= 4 is 40.9 Å². The second-order valence-corrected chi connectivity index (χ2v) is 7.54. The van der Waals surface area contributed by atoms with Crippen molar-refractivity contribution in [2.75, 3.05) is 13.1 Å². The van der Waals surface area contributed by atoms with Crippen molar-refractivity contribution in [3.05, 3.63) is 40.6 Å². The highest BCUT2D eigenvalue weighted by atomic mass is 32.2. The van der Waals surface area contributed by atoms with Crippen LogP contribution in [0.15, 0.2) is 29.2 Å². The first kappa shape index (κ1) is 20.1. The molecule has 1 aromatic rings. The Kier molecular flexibility index (Phi) is 6.13. The Hall–Kier alpha value is -2.68. The first-order valence-corrected chi connectivity index (χ1v) is 9.72. The van der Waals surface area contributed by atoms with Crippen molar-refractivity contribution in [3.63, 3.8) is 0 Å². The Bertz CT molecular complexity index is 856. The molecule has 3 rings (SSSR count). The van der Waals surface area contributed by atoms with Gasteiger partial charge in [-0.05, 0) is 43.2 Å². The number of carboxylic acid groups (broad SMARTS) is 1. The summed E-state index contributed by atoms with van der Waals surface area (Å²) in [5.74, 6) is -2.54. The molecule has 7 nitrogen and oxygen atoms in total. The molecule has 2 saturated heterocycles. The van der Waals surface area contributed by atoms with Gasteiger partial charge in [0.2, 0.25) is 5.91 Å². The maximum atomic E-state index is 13.8. The fourth-order valence-electron chi connectivity index (χ4n) is 3.26. The molecule has 2 aliphatic heterocycles. The van der Waals surface area contributed by atoms with E-state index in [1.807, 2.05) is 0 Å². The van der Waals surface area contributed by atoms with Gasteiger partial charge in [0, 0.05) is 25.1 Å². The molecule has 0 saturated carbocycles. The van der Waals surface area contributed by atoms with Gasteiger partial charge in [-0.1, -0.05) is 18.2 Å². The molecule has 1 atom stereocenters. The fourth-order valence-corrected chi connectivity index (χ4v) is 4.12. The summed E-state index contributed by atoms with van der Waals surface area (Å²) in [6.45, 7) is 0.214. The SMILES string of the molecule is O=C(O)C1CCCCN1C(=O)CCN1C(=O)SC(=Cc2ccccc2F)C1=O. The minimum absolute atomic E-state index is 0.0870. The van der Waals surface area contributed by atoms with Gasteiger partial charge in [-0.2, -0.15) is 0 Å². The van der Waals surface area contributed by atoms with Crippen LogP contribution in [0.4, 0.5) is 9.18 Å². The standard InChI is InChI=1S/C19H19FN2O5S/c20-13-6-2-1-5-12(13)11-15-17(24)22(19(27)28-15)10-8-16(23)21-9-4-3-7-14(21)18(25)26/h1-2,5-6,11,14H,3-4,7-10H2,(H,25,26). The first-order chi connectivity index (χ1) is 13.4. The van der Waals surface area contributed by atoms with Crippen LogP contribution in [-0.2, 0) is 14.4 Å². The Balaban J connectivity index is 1.65. The average molecular weight is 406 g/mol. The van der Waals surface area contributed by atoms with Crippen molar-refractivity contribution < 1.29 is 28.7 Å². The lowest BCUT2D eigenvalue weighted by molar-refractivity contribution is -0.152. The van der Waals surface area contributed by atoms with Gasteiger partial charge in [-0.25, -0.2) is 9.18 Å².